The van der Waals surface area contributed by atoms with Crippen molar-refractivity contribution in [3.63, 3.8) is 0 Å². The minimum absolute atomic E-state index is 0.192. The first-order chi connectivity index (χ1) is 8.47. The summed E-state index contributed by atoms with van der Waals surface area (Å²) in [6.45, 7) is 0.730. The lowest BCUT2D eigenvalue weighted by molar-refractivity contribution is -0.121. The molecule has 1 saturated heterocycles. The van der Waals surface area contributed by atoms with Gasteiger partial charge in [0, 0.05) is 24.3 Å². The number of anilines is 1. The molecule has 96 valence electrons. The Labute approximate surface area is 104 Å². The van der Waals surface area contributed by atoms with Crippen molar-refractivity contribution in [3.05, 3.63) is 29.6 Å². The third-order valence-corrected chi connectivity index (χ3v) is 3.04. The van der Waals surface area contributed by atoms with E-state index in [1.54, 1.807) is 0 Å². The number of nitrogens with zero attached hydrogens (tertiary/aromatic N) is 1. The fourth-order valence-electron chi connectivity index (χ4n) is 2.10. The predicted molar refractivity (Wildman–Crippen MR) is 64.0 cm³/mol. The molecular weight excluding hydrogens is 237 g/mol. The van der Waals surface area contributed by atoms with Crippen molar-refractivity contribution in [1.82, 2.24) is 4.90 Å². The third-order valence-electron chi connectivity index (χ3n) is 3.04. The Morgan fingerprint density at radius 3 is 2.61 bits per heavy atom. The summed E-state index contributed by atoms with van der Waals surface area (Å²) >= 11 is 0. The molecule has 1 aromatic carbocycles. The second kappa shape index (κ2) is 4.64. The van der Waals surface area contributed by atoms with Crippen LogP contribution in [0, 0.1) is 11.7 Å². The summed E-state index contributed by atoms with van der Waals surface area (Å²) in [7, 11) is 0. The molecule has 0 radical (unpaired) electrons. The van der Waals surface area contributed by atoms with Gasteiger partial charge in [0.25, 0.3) is 5.91 Å². The van der Waals surface area contributed by atoms with Crippen molar-refractivity contribution in [1.29, 1.82) is 0 Å². The van der Waals surface area contributed by atoms with E-state index in [2.05, 4.69) is 0 Å². The highest BCUT2D eigenvalue weighted by molar-refractivity contribution is 5.95. The van der Waals surface area contributed by atoms with Gasteiger partial charge in [-0.05, 0) is 24.6 Å². The Bertz CT molecular complexity index is 484. The van der Waals surface area contributed by atoms with E-state index >= 15 is 0 Å². The zero-order valence-corrected chi connectivity index (χ0v) is 9.73. The Kier molecular flexibility index (Phi) is 3.18. The Hall–Kier alpha value is -2.11. The predicted octanol–water partition coefficient (Wildman–Crippen LogP) is 0.355. The second-order valence-electron chi connectivity index (χ2n) is 4.41. The van der Waals surface area contributed by atoms with Crippen LogP contribution in [0.4, 0.5) is 10.1 Å². The monoisotopic (exact) mass is 251 g/mol. The SMILES string of the molecule is NC(=O)C1CCN(C(=O)c2cc(N)cc(F)c2)C1. The lowest BCUT2D eigenvalue weighted by atomic mass is 10.1. The molecule has 2 amide bonds. The maximum absolute atomic E-state index is 13.2. The molecule has 18 heavy (non-hydrogen) atoms. The molecule has 1 aromatic rings. The van der Waals surface area contributed by atoms with Gasteiger partial charge in [-0.25, -0.2) is 4.39 Å². The number of nitrogens with two attached hydrogens (primary N) is 2. The van der Waals surface area contributed by atoms with Crippen LogP contribution >= 0.6 is 0 Å². The summed E-state index contributed by atoms with van der Waals surface area (Å²) in [5, 5.41) is 0. The first-order valence-corrected chi connectivity index (χ1v) is 5.62. The van der Waals surface area contributed by atoms with Crippen LogP contribution in [0.15, 0.2) is 18.2 Å². The molecular formula is C12H14FN3O2. The van der Waals surface area contributed by atoms with E-state index in [9.17, 15) is 14.0 Å². The van der Waals surface area contributed by atoms with Crippen molar-refractivity contribution in [2.75, 3.05) is 18.8 Å². The summed E-state index contributed by atoms with van der Waals surface area (Å²) in [6.07, 6.45) is 0.547. The topological polar surface area (TPSA) is 89.4 Å². The molecule has 1 aliphatic heterocycles. The average molecular weight is 251 g/mol. The molecule has 0 spiro atoms. The lowest BCUT2D eigenvalue weighted by Crippen LogP contribution is -2.31. The van der Waals surface area contributed by atoms with Gasteiger partial charge < -0.3 is 16.4 Å². The highest BCUT2D eigenvalue weighted by atomic mass is 19.1. The van der Waals surface area contributed by atoms with Crippen LogP contribution in [0.5, 0.6) is 0 Å². The molecule has 5 nitrogen and oxygen atoms in total. The molecule has 1 atom stereocenters. The highest BCUT2D eigenvalue weighted by Gasteiger charge is 2.30. The van der Waals surface area contributed by atoms with Crippen LogP contribution in [0.2, 0.25) is 0 Å². The van der Waals surface area contributed by atoms with E-state index in [-0.39, 0.29) is 29.6 Å². The summed E-state index contributed by atoms with van der Waals surface area (Å²) in [5.74, 6) is -1.61. The van der Waals surface area contributed by atoms with Crippen LogP contribution < -0.4 is 11.5 Å². The largest absolute Gasteiger partial charge is 0.399 e. The molecule has 0 bridgehead atoms. The molecule has 0 saturated carbocycles. The number of carbonyl (C=O) groups is 2. The van der Waals surface area contributed by atoms with E-state index in [0.717, 1.165) is 12.1 Å². The maximum atomic E-state index is 13.2. The molecule has 4 N–H and O–H groups in total. The number of amides is 2. The number of carbonyl (C=O) groups excluding carboxylic acids is 2. The van der Waals surface area contributed by atoms with Crippen LogP contribution in [-0.4, -0.2) is 29.8 Å². The van der Waals surface area contributed by atoms with Crippen LogP contribution in [0.3, 0.4) is 0 Å². The molecule has 1 heterocycles. The number of halogens is 1. The zero-order chi connectivity index (χ0) is 13.3. The van der Waals surface area contributed by atoms with Crippen LogP contribution in [0.25, 0.3) is 0 Å². The molecule has 1 unspecified atom stereocenters. The summed E-state index contributed by atoms with van der Waals surface area (Å²) in [6, 6.07) is 3.70. The van der Waals surface area contributed by atoms with Gasteiger partial charge in [-0.3, -0.25) is 9.59 Å². The van der Waals surface area contributed by atoms with E-state index in [1.807, 2.05) is 0 Å². The van der Waals surface area contributed by atoms with Gasteiger partial charge in [-0.2, -0.15) is 0 Å². The van der Waals surface area contributed by atoms with Crippen molar-refractivity contribution < 1.29 is 14.0 Å². The van der Waals surface area contributed by atoms with Gasteiger partial charge >= 0.3 is 0 Å². The number of nitrogen functional groups attached to an aromatic ring is 1. The fraction of sp³-hybridized carbons (Fsp3) is 0.333. The second-order valence-corrected chi connectivity index (χ2v) is 4.41. The lowest BCUT2D eigenvalue weighted by Gasteiger charge is -2.16. The Morgan fingerprint density at radius 1 is 1.33 bits per heavy atom. The Balaban J connectivity index is 2.15. The molecule has 0 aliphatic carbocycles. The van der Waals surface area contributed by atoms with Gasteiger partial charge in [0.2, 0.25) is 5.91 Å². The van der Waals surface area contributed by atoms with Crippen molar-refractivity contribution in [2.24, 2.45) is 11.7 Å². The fourth-order valence-corrected chi connectivity index (χ4v) is 2.10. The number of rotatable bonds is 2. The zero-order valence-electron chi connectivity index (χ0n) is 9.73. The van der Waals surface area contributed by atoms with E-state index < -0.39 is 11.7 Å². The smallest absolute Gasteiger partial charge is 0.254 e. The molecule has 2 rings (SSSR count). The third kappa shape index (κ3) is 2.42. The van der Waals surface area contributed by atoms with Gasteiger partial charge in [0.1, 0.15) is 5.82 Å². The first-order valence-electron chi connectivity index (χ1n) is 5.62. The van der Waals surface area contributed by atoms with Crippen molar-refractivity contribution >= 4 is 17.5 Å². The number of primary amides is 1. The summed E-state index contributed by atoms with van der Waals surface area (Å²) < 4.78 is 13.2. The molecule has 6 heteroatoms. The van der Waals surface area contributed by atoms with Crippen LogP contribution in [-0.2, 0) is 4.79 Å². The van der Waals surface area contributed by atoms with Gasteiger partial charge in [0.15, 0.2) is 0 Å². The van der Waals surface area contributed by atoms with Gasteiger partial charge in [-0.15, -0.1) is 0 Å². The number of hydrogen-bond acceptors (Lipinski definition) is 3. The molecule has 1 aliphatic rings. The average Bonchev–Trinajstić information content (AvgIpc) is 2.75. The van der Waals surface area contributed by atoms with Crippen molar-refractivity contribution in [2.45, 2.75) is 6.42 Å². The van der Waals surface area contributed by atoms with E-state index in [0.29, 0.717) is 13.0 Å². The van der Waals surface area contributed by atoms with Crippen LogP contribution in [0.1, 0.15) is 16.8 Å². The van der Waals surface area contributed by atoms with Gasteiger partial charge in [0.05, 0.1) is 5.92 Å². The number of benzene rings is 1. The summed E-state index contributed by atoms with van der Waals surface area (Å²) in [4.78, 5) is 24.6. The summed E-state index contributed by atoms with van der Waals surface area (Å²) in [5.41, 5.74) is 11.1. The van der Waals surface area contributed by atoms with E-state index in [1.165, 1.54) is 11.0 Å². The number of likely N-dealkylation sites (tertiary alicyclic amines) is 1. The number of hydrogen-bond donors (Lipinski definition) is 2. The maximum Gasteiger partial charge on any atom is 0.254 e. The van der Waals surface area contributed by atoms with Gasteiger partial charge in [-0.1, -0.05) is 0 Å². The standard InChI is InChI=1S/C12H14FN3O2/c13-9-3-8(4-10(14)5-9)12(18)16-2-1-7(6-16)11(15)17/h3-5,7H,1-2,6,14H2,(H2,15,17). The highest BCUT2D eigenvalue weighted by Crippen LogP contribution is 2.20. The van der Waals surface area contributed by atoms with E-state index in [4.69, 9.17) is 11.5 Å². The first kappa shape index (κ1) is 12.3. The minimum Gasteiger partial charge on any atom is -0.399 e. The quantitative estimate of drug-likeness (QED) is 0.743. The normalized spacial score (nSPS) is 18.9. The molecule has 0 aromatic heterocycles. The molecule has 1 fully saturated rings. The minimum atomic E-state index is -0.552. The van der Waals surface area contributed by atoms with Crippen molar-refractivity contribution in [3.8, 4) is 0 Å². The Morgan fingerprint density at radius 2 is 2.06 bits per heavy atom.